The molecule has 0 bridgehead atoms. The van der Waals surface area contributed by atoms with Gasteiger partial charge in [0.1, 0.15) is 0 Å². The first kappa shape index (κ1) is 10.8. The van der Waals surface area contributed by atoms with Gasteiger partial charge >= 0.3 is 0 Å². The number of nitrogens with two attached hydrogens (primary N) is 1. The average molecular weight is 240 g/mol. The molecule has 1 aliphatic heterocycles. The molecule has 1 aromatic rings. The molecule has 2 atom stereocenters. The van der Waals surface area contributed by atoms with Gasteiger partial charge in [0.05, 0.1) is 17.9 Å². The topological polar surface area (TPSA) is 63.4 Å². The highest BCUT2D eigenvalue weighted by Gasteiger charge is 2.72. The van der Waals surface area contributed by atoms with Gasteiger partial charge < -0.3 is 5.73 Å². The fraction of sp³-hybridized carbons (Fsp3) is 0.286. The summed E-state index contributed by atoms with van der Waals surface area (Å²) in [5.74, 6) is 1.81. The Kier molecular flexibility index (Phi) is 2.02. The van der Waals surface area contributed by atoms with Crippen molar-refractivity contribution in [3.8, 4) is 12.3 Å². The summed E-state index contributed by atoms with van der Waals surface area (Å²) in [5, 5.41) is 0. The van der Waals surface area contributed by atoms with Crippen LogP contribution < -0.4 is 5.73 Å². The molecule has 18 heavy (non-hydrogen) atoms. The van der Waals surface area contributed by atoms with Crippen LogP contribution in [0.5, 0.6) is 0 Å². The number of likely N-dealkylation sites (tertiary alicyclic amines) is 1. The van der Waals surface area contributed by atoms with Gasteiger partial charge in [0, 0.05) is 5.69 Å². The molecule has 2 aliphatic rings. The van der Waals surface area contributed by atoms with Gasteiger partial charge in [-0.2, -0.15) is 0 Å². The third-order valence-corrected chi connectivity index (χ3v) is 3.83. The van der Waals surface area contributed by atoms with E-state index >= 15 is 0 Å². The minimum Gasteiger partial charge on any atom is -0.399 e. The van der Waals surface area contributed by atoms with Gasteiger partial charge in [-0.15, -0.1) is 6.42 Å². The summed E-state index contributed by atoms with van der Waals surface area (Å²) in [7, 11) is 0. The molecule has 0 aromatic heterocycles. The van der Waals surface area contributed by atoms with Crippen molar-refractivity contribution in [2.24, 2.45) is 5.92 Å². The molecule has 2 fully saturated rings. The van der Waals surface area contributed by atoms with Crippen LogP contribution in [0, 0.1) is 18.3 Å². The van der Waals surface area contributed by atoms with Crippen molar-refractivity contribution in [3.63, 3.8) is 0 Å². The first-order chi connectivity index (χ1) is 8.61. The van der Waals surface area contributed by atoms with Crippen LogP contribution in [0.3, 0.4) is 0 Å². The minimum atomic E-state index is -0.665. The first-order valence-electron chi connectivity index (χ1n) is 5.76. The third kappa shape index (κ3) is 1.16. The van der Waals surface area contributed by atoms with Crippen molar-refractivity contribution in [1.82, 2.24) is 4.90 Å². The number of piperidine rings is 1. The van der Waals surface area contributed by atoms with E-state index in [9.17, 15) is 9.59 Å². The molecule has 2 amide bonds. The number of benzene rings is 1. The molecular weight excluding hydrogens is 228 g/mol. The van der Waals surface area contributed by atoms with Gasteiger partial charge in [0.15, 0.2) is 0 Å². The number of amides is 2. The van der Waals surface area contributed by atoms with E-state index in [1.54, 1.807) is 12.1 Å². The van der Waals surface area contributed by atoms with Crippen molar-refractivity contribution in [2.75, 3.05) is 12.3 Å². The van der Waals surface area contributed by atoms with E-state index in [0.29, 0.717) is 12.1 Å². The van der Waals surface area contributed by atoms with Crippen LogP contribution in [0.2, 0.25) is 0 Å². The van der Waals surface area contributed by atoms with Gasteiger partial charge in [0.2, 0.25) is 11.8 Å². The Morgan fingerprint density at radius 1 is 1.39 bits per heavy atom. The lowest BCUT2D eigenvalue weighted by Gasteiger charge is -2.17. The molecule has 1 saturated heterocycles. The van der Waals surface area contributed by atoms with Crippen LogP contribution in [0.4, 0.5) is 5.69 Å². The fourth-order valence-corrected chi connectivity index (χ4v) is 2.79. The SMILES string of the molecule is C#CCN1C(=O)C2CC2(c2ccc(N)cc2)C1=O. The second-order valence-electron chi connectivity index (χ2n) is 4.78. The maximum Gasteiger partial charge on any atom is 0.241 e. The first-order valence-corrected chi connectivity index (χ1v) is 5.76. The summed E-state index contributed by atoms with van der Waals surface area (Å²) in [4.78, 5) is 25.5. The summed E-state index contributed by atoms with van der Waals surface area (Å²) in [5.41, 5.74) is 6.47. The van der Waals surface area contributed by atoms with Crippen LogP contribution in [-0.4, -0.2) is 23.3 Å². The Balaban J connectivity index is 2.00. The number of nitrogens with zero attached hydrogens (tertiary/aromatic N) is 1. The summed E-state index contributed by atoms with van der Waals surface area (Å²) < 4.78 is 0. The van der Waals surface area contributed by atoms with Gasteiger partial charge in [-0.25, -0.2) is 0 Å². The van der Waals surface area contributed by atoms with E-state index < -0.39 is 5.41 Å². The molecule has 2 unspecified atom stereocenters. The molecule has 0 radical (unpaired) electrons. The monoisotopic (exact) mass is 240 g/mol. The zero-order chi connectivity index (χ0) is 12.9. The Morgan fingerprint density at radius 2 is 2.06 bits per heavy atom. The highest BCUT2D eigenvalue weighted by molar-refractivity contribution is 6.15. The maximum atomic E-state index is 12.3. The molecular formula is C14H12N2O2. The minimum absolute atomic E-state index is 0.0604. The molecule has 90 valence electrons. The normalized spacial score (nSPS) is 29.1. The van der Waals surface area contributed by atoms with E-state index in [1.165, 1.54) is 4.90 Å². The Bertz CT molecular complexity index is 585. The number of hydrogen-bond donors (Lipinski definition) is 1. The molecule has 2 N–H and O–H groups in total. The number of nitrogen functional groups attached to an aromatic ring is 1. The van der Waals surface area contributed by atoms with Crippen molar-refractivity contribution < 1.29 is 9.59 Å². The summed E-state index contributed by atoms with van der Waals surface area (Å²) in [6.07, 6.45) is 5.78. The number of rotatable bonds is 2. The third-order valence-electron chi connectivity index (χ3n) is 3.83. The van der Waals surface area contributed by atoms with Gasteiger partial charge in [-0.05, 0) is 24.1 Å². The Morgan fingerprint density at radius 3 is 2.67 bits per heavy atom. The Hall–Kier alpha value is -2.28. The molecule has 1 aliphatic carbocycles. The number of carbonyl (C=O) groups excluding carboxylic acids is 2. The van der Waals surface area contributed by atoms with Crippen LogP contribution in [-0.2, 0) is 15.0 Å². The smallest absolute Gasteiger partial charge is 0.241 e. The summed E-state index contributed by atoms with van der Waals surface area (Å²) >= 11 is 0. The van der Waals surface area contributed by atoms with E-state index in [-0.39, 0.29) is 24.3 Å². The Labute approximate surface area is 105 Å². The number of hydrogen-bond acceptors (Lipinski definition) is 3. The lowest BCUT2D eigenvalue weighted by Crippen LogP contribution is -2.36. The maximum absolute atomic E-state index is 12.3. The average Bonchev–Trinajstić information content (AvgIpc) is 3.07. The number of fused-ring (bicyclic) bond motifs is 1. The van der Waals surface area contributed by atoms with Crippen molar-refractivity contribution in [1.29, 1.82) is 0 Å². The van der Waals surface area contributed by atoms with Crippen LogP contribution >= 0.6 is 0 Å². The van der Waals surface area contributed by atoms with E-state index in [4.69, 9.17) is 12.2 Å². The van der Waals surface area contributed by atoms with Crippen molar-refractivity contribution in [3.05, 3.63) is 29.8 Å². The van der Waals surface area contributed by atoms with Gasteiger partial charge in [-0.3, -0.25) is 14.5 Å². The van der Waals surface area contributed by atoms with Gasteiger partial charge in [-0.1, -0.05) is 18.1 Å². The second kappa shape index (κ2) is 3.36. The highest BCUT2D eigenvalue weighted by Crippen LogP contribution is 2.60. The molecule has 1 saturated carbocycles. The standard InChI is InChI=1S/C14H12N2O2/c1-2-7-16-12(17)11-8-14(11,13(16)18)9-3-5-10(15)6-4-9/h1,3-6,11H,7-8,15H2. The molecule has 4 nitrogen and oxygen atoms in total. The largest absolute Gasteiger partial charge is 0.399 e. The van der Waals surface area contributed by atoms with Crippen LogP contribution in [0.15, 0.2) is 24.3 Å². The predicted octanol–water partition coefficient (Wildman–Crippen LogP) is 0.529. The molecule has 3 rings (SSSR count). The van der Waals surface area contributed by atoms with Crippen LogP contribution in [0.1, 0.15) is 12.0 Å². The molecule has 1 heterocycles. The number of carbonyl (C=O) groups is 2. The lowest BCUT2D eigenvalue weighted by molar-refractivity contribution is -0.140. The number of terminal acetylenes is 1. The zero-order valence-electron chi connectivity index (χ0n) is 9.72. The fourth-order valence-electron chi connectivity index (χ4n) is 2.79. The number of imide groups is 1. The summed E-state index contributed by atoms with van der Waals surface area (Å²) in [6, 6.07) is 7.14. The predicted molar refractivity (Wildman–Crippen MR) is 66.2 cm³/mol. The molecule has 4 heteroatoms. The van der Waals surface area contributed by atoms with Crippen LogP contribution in [0.25, 0.3) is 0 Å². The number of anilines is 1. The summed E-state index contributed by atoms with van der Waals surface area (Å²) in [6.45, 7) is 0.0604. The van der Waals surface area contributed by atoms with Crippen molar-refractivity contribution in [2.45, 2.75) is 11.8 Å². The van der Waals surface area contributed by atoms with E-state index in [1.807, 2.05) is 12.1 Å². The lowest BCUT2D eigenvalue weighted by atomic mass is 9.94. The quantitative estimate of drug-likeness (QED) is 0.466. The van der Waals surface area contributed by atoms with E-state index in [0.717, 1.165) is 5.56 Å². The highest BCUT2D eigenvalue weighted by atomic mass is 16.2. The zero-order valence-corrected chi connectivity index (χ0v) is 9.72. The molecule has 0 spiro atoms. The van der Waals surface area contributed by atoms with E-state index in [2.05, 4.69) is 5.92 Å². The second-order valence-corrected chi connectivity index (χ2v) is 4.78. The van der Waals surface area contributed by atoms with Gasteiger partial charge in [0.25, 0.3) is 0 Å². The van der Waals surface area contributed by atoms with Crippen molar-refractivity contribution >= 4 is 17.5 Å². The molecule has 1 aromatic carbocycles.